The number of amides is 1. The Hall–Kier alpha value is -1.00. The van der Waals surface area contributed by atoms with E-state index in [1.165, 1.54) is 0 Å². The van der Waals surface area contributed by atoms with Crippen molar-refractivity contribution in [1.29, 1.82) is 0 Å². The first-order valence-electron chi connectivity index (χ1n) is 4.67. The maximum Gasteiger partial charge on any atom is 0.237 e. The van der Waals surface area contributed by atoms with Gasteiger partial charge in [-0.25, -0.2) is 0 Å². The molecule has 5 heteroatoms. The summed E-state index contributed by atoms with van der Waals surface area (Å²) in [5, 5.41) is 2.71. The second-order valence-electron chi connectivity index (χ2n) is 3.57. The van der Waals surface area contributed by atoms with Crippen LogP contribution in [0.1, 0.15) is 19.6 Å². The molecule has 0 saturated heterocycles. The Morgan fingerprint density at radius 3 is 2.73 bits per heavy atom. The molecule has 1 aromatic rings. The molecular formula is C10H17ClN2O2. The van der Waals surface area contributed by atoms with Gasteiger partial charge in [0.15, 0.2) is 0 Å². The first kappa shape index (κ1) is 14.0. The minimum atomic E-state index is -0.454. The van der Waals surface area contributed by atoms with Crippen LogP contribution in [-0.4, -0.2) is 11.9 Å². The number of rotatable bonds is 4. The summed E-state index contributed by atoms with van der Waals surface area (Å²) < 4.78 is 5.07. The molecule has 4 nitrogen and oxygen atoms in total. The lowest BCUT2D eigenvalue weighted by Crippen LogP contribution is -2.43. The molecular weight excluding hydrogens is 216 g/mol. The van der Waals surface area contributed by atoms with Gasteiger partial charge in [-0.3, -0.25) is 4.79 Å². The first-order chi connectivity index (χ1) is 6.61. The van der Waals surface area contributed by atoms with Crippen molar-refractivity contribution in [3.8, 4) is 0 Å². The third-order valence-electron chi connectivity index (χ3n) is 2.04. The van der Waals surface area contributed by atoms with E-state index in [0.717, 1.165) is 5.76 Å². The summed E-state index contributed by atoms with van der Waals surface area (Å²) in [6.07, 6.45) is 1.57. The molecule has 0 radical (unpaired) electrons. The number of hydrogen-bond donors (Lipinski definition) is 2. The topological polar surface area (TPSA) is 68.3 Å². The summed E-state index contributed by atoms with van der Waals surface area (Å²) >= 11 is 0. The number of nitrogens with one attached hydrogen (secondary N) is 1. The summed E-state index contributed by atoms with van der Waals surface area (Å²) in [6.45, 7) is 4.22. The van der Waals surface area contributed by atoms with Crippen LogP contribution in [0.2, 0.25) is 0 Å². The quantitative estimate of drug-likeness (QED) is 0.822. The first-order valence-corrected chi connectivity index (χ1v) is 4.67. The molecule has 1 heterocycles. The maximum atomic E-state index is 11.4. The average Bonchev–Trinajstić information content (AvgIpc) is 2.65. The Balaban J connectivity index is 0.00000196. The second kappa shape index (κ2) is 6.48. The van der Waals surface area contributed by atoms with Crippen molar-refractivity contribution in [1.82, 2.24) is 5.32 Å². The molecule has 86 valence electrons. The predicted molar refractivity (Wildman–Crippen MR) is 60.6 cm³/mol. The van der Waals surface area contributed by atoms with Gasteiger partial charge in [-0.1, -0.05) is 13.8 Å². The van der Waals surface area contributed by atoms with Crippen molar-refractivity contribution in [3.05, 3.63) is 24.2 Å². The molecule has 1 atom stereocenters. The molecule has 0 unspecified atom stereocenters. The molecule has 0 saturated carbocycles. The van der Waals surface area contributed by atoms with Gasteiger partial charge in [0, 0.05) is 0 Å². The van der Waals surface area contributed by atoms with Crippen LogP contribution in [0.3, 0.4) is 0 Å². The molecule has 15 heavy (non-hydrogen) atoms. The highest BCUT2D eigenvalue weighted by Gasteiger charge is 2.16. The molecule has 0 aliphatic carbocycles. The third kappa shape index (κ3) is 4.36. The molecule has 0 fully saturated rings. The number of carbonyl (C=O) groups excluding carboxylic acids is 1. The summed E-state index contributed by atoms with van der Waals surface area (Å²) in [7, 11) is 0. The molecule has 1 amide bonds. The number of furan rings is 1. The standard InChI is InChI=1S/C10H16N2O2.ClH/c1-7(2)9(11)10(13)12-6-8-4-3-5-14-8;/h3-5,7,9H,6,11H2,1-2H3,(H,12,13);1H/t9-;/m1./s1. The minimum absolute atomic E-state index is 0. The predicted octanol–water partition coefficient (Wildman–Crippen LogP) is 1.30. The van der Waals surface area contributed by atoms with Crippen molar-refractivity contribution in [2.45, 2.75) is 26.4 Å². The van der Waals surface area contributed by atoms with Gasteiger partial charge < -0.3 is 15.5 Å². The van der Waals surface area contributed by atoms with Crippen molar-refractivity contribution < 1.29 is 9.21 Å². The summed E-state index contributed by atoms with van der Waals surface area (Å²) in [6, 6.07) is 3.13. The van der Waals surface area contributed by atoms with Gasteiger partial charge in [0.2, 0.25) is 5.91 Å². The zero-order chi connectivity index (χ0) is 10.6. The number of halogens is 1. The van der Waals surface area contributed by atoms with E-state index in [2.05, 4.69) is 5.32 Å². The summed E-state index contributed by atoms with van der Waals surface area (Å²) in [5.41, 5.74) is 5.66. The van der Waals surface area contributed by atoms with E-state index in [0.29, 0.717) is 6.54 Å². The highest BCUT2D eigenvalue weighted by atomic mass is 35.5. The van der Waals surface area contributed by atoms with Gasteiger partial charge >= 0.3 is 0 Å². The van der Waals surface area contributed by atoms with E-state index in [1.54, 1.807) is 18.4 Å². The molecule has 3 N–H and O–H groups in total. The van der Waals surface area contributed by atoms with Gasteiger partial charge in [-0.15, -0.1) is 12.4 Å². The summed E-state index contributed by atoms with van der Waals surface area (Å²) in [4.78, 5) is 11.4. The fourth-order valence-corrected chi connectivity index (χ4v) is 1.01. The second-order valence-corrected chi connectivity index (χ2v) is 3.57. The van der Waals surface area contributed by atoms with Gasteiger partial charge in [0.1, 0.15) is 5.76 Å². The van der Waals surface area contributed by atoms with Gasteiger partial charge in [0.25, 0.3) is 0 Å². The highest BCUT2D eigenvalue weighted by Crippen LogP contribution is 2.01. The number of hydrogen-bond acceptors (Lipinski definition) is 3. The Morgan fingerprint density at radius 1 is 1.60 bits per heavy atom. The van der Waals surface area contributed by atoms with Crippen LogP contribution in [-0.2, 0) is 11.3 Å². The van der Waals surface area contributed by atoms with E-state index < -0.39 is 6.04 Å². The van der Waals surface area contributed by atoms with Crippen molar-refractivity contribution >= 4 is 18.3 Å². The van der Waals surface area contributed by atoms with Gasteiger partial charge in [-0.2, -0.15) is 0 Å². The molecule has 0 spiro atoms. The fraction of sp³-hybridized carbons (Fsp3) is 0.500. The Kier molecular flexibility index (Phi) is 6.05. The molecule has 0 aromatic carbocycles. The minimum Gasteiger partial charge on any atom is -0.467 e. The normalized spacial score (nSPS) is 12.0. The van der Waals surface area contributed by atoms with Crippen LogP contribution in [0.15, 0.2) is 22.8 Å². The molecule has 0 bridgehead atoms. The Morgan fingerprint density at radius 2 is 2.27 bits per heavy atom. The maximum absolute atomic E-state index is 11.4. The smallest absolute Gasteiger partial charge is 0.237 e. The van der Waals surface area contributed by atoms with E-state index in [4.69, 9.17) is 10.2 Å². The van der Waals surface area contributed by atoms with Crippen LogP contribution in [0, 0.1) is 5.92 Å². The Bertz CT molecular complexity index is 286. The third-order valence-corrected chi connectivity index (χ3v) is 2.04. The largest absolute Gasteiger partial charge is 0.467 e. The van der Waals surface area contributed by atoms with Crippen molar-refractivity contribution in [3.63, 3.8) is 0 Å². The van der Waals surface area contributed by atoms with E-state index in [-0.39, 0.29) is 24.2 Å². The van der Waals surface area contributed by atoms with E-state index in [9.17, 15) is 4.79 Å². The molecule has 1 aromatic heterocycles. The lowest BCUT2D eigenvalue weighted by molar-refractivity contribution is -0.123. The average molecular weight is 233 g/mol. The Labute approximate surface area is 95.6 Å². The zero-order valence-corrected chi connectivity index (χ0v) is 9.71. The van der Waals surface area contributed by atoms with Crippen molar-refractivity contribution in [2.24, 2.45) is 11.7 Å². The highest BCUT2D eigenvalue weighted by molar-refractivity contribution is 5.85. The van der Waals surface area contributed by atoms with Gasteiger partial charge in [0.05, 0.1) is 18.8 Å². The monoisotopic (exact) mass is 232 g/mol. The van der Waals surface area contributed by atoms with Crippen LogP contribution in [0.4, 0.5) is 0 Å². The van der Waals surface area contributed by atoms with Crippen LogP contribution in [0.25, 0.3) is 0 Å². The lowest BCUT2D eigenvalue weighted by Gasteiger charge is -2.14. The van der Waals surface area contributed by atoms with Crippen LogP contribution >= 0.6 is 12.4 Å². The molecule has 0 aliphatic rings. The molecule has 0 aliphatic heterocycles. The van der Waals surface area contributed by atoms with E-state index in [1.807, 2.05) is 13.8 Å². The van der Waals surface area contributed by atoms with Crippen molar-refractivity contribution in [2.75, 3.05) is 0 Å². The SMILES string of the molecule is CC(C)[C@@H](N)C(=O)NCc1ccco1.Cl. The lowest BCUT2D eigenvalue weighted by atomic mass is 10.1. The fourth-order valence-electron chi connectivity index (χ4n) is 1.01. The zero-order valence-electron chi connectivity index (χ0n) is 8.90. The molecule has 1 rings (SSSR count). The van der Waals surface area contributed by atoms with E-state index >= 15 is 0 Å². The summed E-state index contributed by atoms with van der Waals surface area (Å²) in [5.74, 6) is 0.734. The number of carbonyl (C=O) groups is 1. The van der Waals surface area contributed by atoms with Crippen LogP contribution in [0.5, 0.6) is 0 Å². The van der Waals surface area contributed by atoms with Crippen LogP contribution < -0.4 is 11.1 Å². The van der Waals surface area contributed by atoms with Gasteiger partial charge in [-0.05, 0) is 18.1 Å². The number of nitrogens with two attached hydrogens (primary N) is 1.